The minimum absolute atomic E-state index is 0.133. The predicted octanol–water partition coefficient (Wildman–Crippen LogP) is 16.8. The van der Waals surface area contributed by atoms with Crippen LogP contribution in [0.25, 0.3) is 33.1 Å². The highest BCUT2D eigenvalue weighted by molar-refractivity contribution is 7.43. The third kappa shape index (κ3) is 13.3. The molecule has 16 nitrogen and oxygen atoms in total. The average molecular weight is 1050 g/mol. The molecule has 0 radical (unpaired) electrons. The number of nitro groups is 2. The summed E-state index contributed by atoms with van der Waals surface area (Å²) < 4.78 is 65.3. The van der Waals surface area contributed by atoms with E-state index in [1.807, 2.05) is 48.5 Å². The lowest BCUT2D eigenvalue weighted by Gasteiger charge is -2.24. The van der Waals surface area contributed by atoms with Crippen molar-refractivity contribution in [2.45, 2.75) is 105 Å². The lowest BCUT2D eigenvalue weighted by molar-refractivity contribution is -0.385. The molecule has 392 valence electrons. The number of fused-ring (bicyclic) bond motifs is 3. The van der Waals surface area contributed by atoms with Gasteiger partial charge in [0.15, 0.2) is 0 Å². The van der Waals surface area contributed by atoms with Crippen LogP contribution < -0.4 is 37.0 Å². The summed E-state index contributed by atoms with van der Waals surface area (Å²) in [6, 6.07) is 26.7. The monoisotopic (exact) mass is 1050 g/mol. The van der Waals surface area contributed by atoms with Crippen molar-refractivity contribution in [1.82, 2.24) is 0 Å². The van der Waals surface area contributed by atoms with Crippen LogP contribution in [0.2, 0.25) is 0 Å². The molecule has 74 heavy (non-hydrogen) atoms. The summed E-state index contributed by atoms with van der Waals surface area (Å²) in [5.74, 6) is 3.77. The summed E-state index contributed by atoms with van der Waals surface area (Å²) in [5.41, 5.74) is 5.61. The van der Waals surface area contributed by atoms with Crippen molar-refractivity contribution in [2.75, 3.05) is 28.4 Å². The van der Waals surface area contributed by atoms with Crippen LogP contribution in [0.5, 0.6) is 46.0 Å². The summed E-state index contributed by atoms with van der Waals surface area (Å²) >= 11 is 0. The Hall–Kier alpha value is -7.15. The molecule has 0 aliphatic carbocycles. The summed E-state index contributed by atoms with van der Waals surface area (Å²) in [6.07, 6.45) is 9.65. The first-order chi connectivity index (χ1) is 35.9. The normalized spacial score (nSPS) is 11.1. The number of non-ortho nitro benzene ring substituents is 2. The summed E-state index contributed by atoms with van der Waals surface area (Å²) in [7, 11) is 1.82. The number of nitro benzene ring substituents is 2. The van der Waals surface area contributed by atoms with Crippen molar-refractivity contribution in [3.05, 3.63) is 140 Å². The van der Waals surface area contributed by atoms with Gasteiger partial charge in [0, 0.05) is 46.2 Å². The van der Waals surface area contributed by atoms with Gasteiger partial charge in [0.1, 0.15) is 57.2 Å². The van der Waals surface area contributed by atoms with Gasteiger partial charge >= 0.3 is 16.8 Å². The standard InChI is InChI=1S/C56H64N2O14P2/c1-9-13-17-37-29-45(63-5)33-49(53(37)69-73(67-43-25-21-41(22-26-43)57(59)60)68-44-27-23-42(24-28-44)58(61)62)50-34-46(64-6)30-38(18-14-10-2)54(50)70-74-71-55-39(19-15-11-3)31-47(65-7)35-51(55)52-36-48(66-8)32-40(20-16-12-4)56(52)72-74/h21-36H,9-20H2,1-8H3. The zero-order valence-electron chi connectivity index (χ0n) is 43.2. The first-order valence-corrected chi connectivity index (χ1v) is 27.1. The molecule has 0 unspecified atom stereocenters. The fourth-order valence-electron chi connectivity index (χ4n) is 8.39. The van der Waals surface area contributed by atoms with Crippen molar-refractivity contribution in [3.8, 4) is 57.1 Å². The number of hydrogen-bond acceptors (Lipinski definition) is 14. The zero-order valence-corrected chi connectivity index (χ0v) is 45.0. The van der Waals surface area contributed by atoms with E-state index in [9.17, 15) is 20.2 Å². The van der Waals surface area contributed by atoms with Crippen LogP contribution in [0.3, 0.4) is 0 Å². The molecule has 0 saturated heterocycles. The Labute approximate surface area is 433 Å². The third-order valence-electron chi connectivity index (χ3n) is 12.4. The highest BCUT2D eigenvalue weighted by atomic mass is 31.2. The second-order valence-electron chi connectivity index (χ2n) is 17.6. The third-order valence-corrected chi connectivity index (χ3v) is 14.4. The Morgan fingerprint density at radius 3 is 1.19 bits per heavy atom. The van der Waals surface area contributed by atoms with E-state index in [1.54, 1.807) is 28.4 Å². The van der Waals surface area contributed by atoms with Crippen LogP contribution in [-0.4, -0.2) is 38.3 Å². The number of nitrogens with zero attached hydrogens (tertiary/aromatic N) is 2. The van der Waals surface area contributed by atoms with E-state index in [-0.39, 0.29) is 22.9 Å². The van der Waals surface area contributed by atoms with Gasteiger partial charge in [0.2, 0.25) is 0 Å². The molecule has 0 amide bonds. The predicted molar refractivity (Wildman–Crippen MR) is 290 cm³/mol. The molecule has 0 atom stereocenters. The van der Waals surface area contributed by atoms with E-state index >= 15 is 0 Å². The van der Waals surface area contributed by atoms with E-state index < -0.39 is 26.7 Å². The summed E-state index contributed by atoms with van der Waals surface area (Å²) in [4.78, 5) is 22.2. The van der Waals surface area contributed by atoms with E-state index in [0.717, 1.165) is 84.4 Å². The lowest BCUT2D eigenvalue weighted by atomic mass is 9.94. The number of aryl methyl sites for hydroxylation is 4. The minimum Gasteiger partial charge on any atom is -0.497 e. The minimum atomic E-state index is -2.45. The molecule has 1 heterocycles. The molecule has 7 rings (SSSR count). The molecular weight excluding hydrogens is 987 g/mol. The molecule has 0 N–H and O–H groups in total. The molecule has 6 aromatic carbocycles. The molecule has 7 aromatic rings. The molecular formula is C56H64N2O14P2. The lowest BCUT2D eigenvalue weighted by Crippen LogP contribution is -2.06. The van der Waals surface area contributed by atoms with Gasteiger partial charge in [-0.15, -0.1) is 0 Å². The fraction of sp³-hybridized carbons (Fsp3) is 0.357. The smallest absolute Gasteiger partial charge is 0.497 e. The Morgan fingerprint density at radius 2 is 0.811 bits per heavy atom. The number of benzene rings is 6. The highest BCUT2D eigenvalue weighted by Crippen LogP contribution is 2.53. The van der Waals surface area contributed by atoms with Gasteiger partial charge in [-0.25, -0.2) is 0 Å². The van der Waals surface area contributed by atoms with Crippen LogP contribution in [0, 0.1) is 20.2 Å². The van der Waals surface area contributed by atoms with Crippen molar-refractivity contribution >= 4 is 50.2 Å². The quantitative estimate of drug-likeness (QED) is 0.0269. The highest BCUT2D eigenvalue weighted by Gasteiger charge is 2.29. The molecule has 0 saturated carbocycles. The summed E-state index contributed by atoms with van der Waals surface area (Å²) in [5, 5.41) is 24.8. The molecule has 0 bridgehead atoms. The topological polar surface area (TPSA) is 186 Å². The average Bonchev–Trinajstić information content (AvgIpc) is 3.57. The summed E-state index contributed by atoms with van der Waals surface area (Å²) in [6.45, 7) is 8.52. The largest absolute Gasteiger partial charge is 0.530 e. The Kier molecular flexibility index (Phi) is 19.3. The first-order valence-electron chi connectivity index (χ1n) is 25.0. The Balaban J connectivity index is 1.52. The Bertz CT molecular complexity index is 2950. The maximum Gasteiger partial charge on any atom is 0.530 e. The van der Waals surface area contributed by atoms with Gasteiger partial charge < -0.3 is 45.4 Å². The van der Waals surface area contributed by atoms with Gasteiger partial charge in [0.05, 0.1) is 38.3 Å². The van der Waals surface area contributed by atoms with Gasteiger partial charge in [-0.3, -0.25) is 20.2 Å². The number of hydrogen-bond donors (Lipinski definition) is 0. The van der Waals surface area contributed by atoms with Crippen LogP contribution in [-0.2, 0) is 25.7 Å². The fourth-order valence-corrected chi connectivity index (χ4v) is 10.7. The number of ether oxygens (including phenoxy) is 4. The van der Waals surface area contributed by atoms with Gasteiger partial charge in [-0.1, -0.05) is 53.4 Å². The molecule has 1 aromatic heterocycles. The van der Waals surface area contributed by atoms with Crippen LogP contribution in [0.15, 0.2) is 105 Å². The SMILES string of the molecule is CCCCc1cc(OC)cc(-c2cc(OC)cc(CCCC)c2Op2oc3c(CCCC)cc(OC)cc3c3cc(OC)cc(CCCC)c3o2)c1OP(Oc1ccc([N+](=O)[O-])cc1)Oc1ccc([N+](=O)[O-])cc1. The van der Waals surface area contributed by atoms with Crippen molar-refractivity contribution in [3.63, 3.8) is 0 Å². The second kappa shape index (κ2) is 26.2. The molecule has 18 heteroatoms. The zero-order chi connectivity index (χ0) is 52.7. The van der Waals surface area contributed by atoms with Gasteiger partial charge in [0.25, 0.3) is 11.4 Å². The maximum absolute atomic E-state index is 11.6. The number of unbranched alkanes of at least 4 members (excludes halogenated alkanes) is 4. The van der Waals surface area contributed by atoms with Crippen molar-refractivity contribution in [1.29, 1.82) is 0 Å². The number of rotatable bonds is 27. The van der Waals surface area contributed by atoms with E-state index in [2.05, 4.69) is 27.7 Å². The van der Waals surface area contributed by atoms with Gasteiger partial charge in [-0.05, 0) is 146 Å². The van der Waals surface area contributed by atoms with Crippen LogP contribution in [0.1, 0.15) is 101 Å². The Morgan fingerprint density at radius 1 is 0.459 bits per heavy atom. The van der Waals surface area contributed by atoms with Crippen LogP contribution >= 0.6 is 16.8 Å². The van der Waals surface area contributed by atoms with Crippen molar-refractivity contribution < 1.29 is 55.3 Å². The maximum atomic E-state index is 11.6. The van der Waals surface area contributed by atoms with Gasteiger partial charge in [-0.2, -0.15) is 0 Å². The second-order valence-corrected chi connectivity index (χ2v) is 19.6. The van der Waals surface area contributed by atoms with E-state index in [4.69, 9.17) is 45.4 Å². The molecule has 0 aliphatic rings. The molecule has 0 spiro atoms. The van der Waals surface area contributed by atoms with Crippen molar-refractivity contribution in [2.24, 2.45) is 0 Å². The molecule has 0 aliphatic heterocycles. The van der Waals surface area contributed by atoms with Crippen LogP contribution in [0.4, 0.5) is 11.4 Å². The number of methoxy groups -OCH3 is 4. The van der Waals surface area contributed by atoms with E-state index in [1.165, 1.54) is 48.5 Å². The van der Waals surface area contributed by atoms with E-state index in [0.29, 0.717) is 82.5 Å². The molecule has 0 fully saturated rings. The first kappa shape index (κ1) is 54.6.